The quantitative estimate of drug-likeness (QED) is 0.229. The van der Waals surface area contributed by atoms with E-state index in [-0.39, 0.29) is 23.8 Å². The summed E-state index contributed by atoms with van der Waals surface area (Å²) in [7, 11) is 0. The van der Waals surface area contributed by atoms with E-state index in [0.717, 1.165) is 0 Å². The second-order valence-corrected chi connectivity index (χ2v) is 5.24. The Morgan fingerprint density at radius 1 is 0.875 bits per heavy atom. The van der Waals surface area contributed by atoms with Crippen molar-refractivity contribution in [2.24, 2.45) is 0 Å². The van der Waals surface area contributed by atoms with E-state index in [1.165, 1.54) is 0 Å². The predicted octanol–water partition coefficient (Wildman–Crippen LogP) is 1.41. The number of phenols is 1. The molecule has 0 aromatic heterocycles. The lowest BCUT2D eigenvalue weighted by molar-refractivity contribution is 0.238. The third-order valence-electron chi connectivity index (χ3n) is 3.85. The Labute approximate surface area is 133 Å². The Balaban J connectivity index is 2.24. The molecule has 0 atom stereocenters. The van der Waals surface area contributed by atoms with Crippen LogP contribution in [0.1, 0.15) is 5.56 Å². The number of hydrogen-bond acceptors (Lipinski definition) is 6. The summed E-state index contributed by atoms with van der Waals surface area (Å²) in [6.07, 6.45) is 0. The van der Waals surface area contributed by atoms with Crippen LogP contribution in [0.4, 0.5) is 17.6 Å². The fourth-order valence-electron chi connectivity index (χ4n) is 2.71. The third kappa shape index (κ3) is 2.25. The average Bonchev–Trinajstić information content (AvgIpc) is 2.58. The van der Waals surface area contributed by atoms with Crippen LogP contribution in [0.3, 0.4) is 0 Å². The van der Waals surface area contributed by atoms with E-state index in [1.54, 1.807) is 4.90 Å². The number of rotatable bonds is 1. The molecule has 2 aliphatic heterocycles. The smallest absolute Gasteiger partial charge is 0.210 e. The zero-order valence-corrected chi connectivity index (χ0v) is 12.1. The van der Waals surface area contributed by atoms with Crippen molar-refractivity contribution in [3.8, 4) is 5.75 Å². The molecule has 0 aliphatic carbocycles. The molecule has 0 spiro atoms. The van der Waals surface area contributed by atoms with Crippen LogP contribution < -0.4 is 10.6 Å². The number of aromatic hydroxyl groups is 1. The van der Waals surface area contributed by atoms with Crippen molar-refractivity contribution in [1.82, 2.24) is 15.5 Å². The molecule has 1 fully saturated rings. The first-order valence-corrected chi connectivity index (χ1v) is 6.99. The van der Waals surface area contributed by atoms with E-state index in [1.807, 2.05) is 0 Å². The van der Waals surface area contributed by atoms with Crippen LogP contribution in [0.25, 0.3) is 5.76 Å². The van der Waals surface area contributed by atoms with Crippen LogP contribution in [-0.2, 0) is 0 Å². The second kappa shape index (κ2) is 5.69. The molecule has 5 N–H and O–H groups in total. The monoisotopic (exact) mass is 347 g/mol. The molecule has 1 saturated heterocycles. The minimum absolute atomic E-state index is 0.0499. The van der Waals surface area contributed by atoms with Crippen LogP contribution in [-0.4, -0.2) is 46.4 Å². The molecule has 3 rings (SSSR count). The van der Waals surface area contributed by atoms with Gasteiger partial charge in [-0.15, -0.1) is 0 Å². The van der Waals surface area contributed by atoms with Crippen LogP contribution in [0.2, 0.25) is 0 Å². The Morgan fingerprint density at radius 3 is 2.12 bits per heavy atom. The summed E-state index contributed by atoms with van der Waals surface area (Å²) in [5.41, 5.74) is -1.43. The molecule has 0 saturated carbocycles. The predicted molar refractivity (Wildman–Crippen MR) is 74.7 cm³/mol. The fourth-order valence-corrected chi connectivity index (χ4v) is 2.71. The van der Waals surface area contributed by atoms with Crippen LogP contribution in [0.15, 0.2) is 17.3 Å². The van der Waals surface area contributed by atoms with E-state index < -0.39 is 40.3 Å². The van der Waals surface area contributed by atoms with Gasteiger partial charge in [0.05, 0.1) is 0 Å². The Bertz CT molecular complexity index is 750. The van der Waals surface area contributed by atoms with Crippen LogP contribution >= 0.6 is 0 Å². The summed E-state index contributed by atoms with van der Waals surface area (Å²) in [4.78, 5) is 1.65. The number of phenolic OH excluding ortho intramolecular Hbond substituents is 1. The normalized spacial score (nSPS) is 19.6. The van der Waals surface area contributed by atoms with Crippen molar-refractivity contribution < 1.29 is 32.9 Å². The lowest BCUT2D eigenvalue weighted by Gasteiger charge is -2.38. The van der Waals surface area contributed by atoms with Gasteiger partial charge in [-0.2, -0.15) is 4.39 Å². The number of nitrogens with zero attached hydrogens (tertiary/aromatic N) is 1. The molecular formula is C14H13F4N3O3. The first kappa shape index (κ1) is 16.1. The number of fused-ring (bicyclic) bond motifs is 1. The van der Waals surface area contributed by atoms with Gasteiger partial charge in [-0.1, -0.05) is 0 Å². The first-order valence-electron chi connectivity index (χ1n) is 6.99. The molecule has 24 heavy (non-hydrogen) atoms. The van der Waals surface area contributed by atoms with Crippen molar-refractivity contribution in [2.45, 2.75) is 0 Å². The second-order valence-electron chi connectivity index (χ2n) is 5.24. The van der Waals surface area contributed by atoms with Gasteiger partial charge < -0.3 is 30.9 Å². The summed E-state index contributed by atoms with van der Waals surface area (Å²) >= 11 is 0. The highest BCUT2D eigenvalue weighted by Crippen LogP contribution is 2.36. The van der Waals surface area contributed by atoms with Gasteiger partial charge in [0, 0.05) is 26.2 Å². The molecule has 1 aromatic rings. The summed E-state index contributed by atoms with van der Waals surface area (Å²) in [6.45, 7) is 1.62. The summed E-state index contributed by atoms with van der Waals surface area (Å²) in [6, 6.07) is 0. The largest absolute Gasteiger partial charge is 0.505 e. The molecule has 2 heterocycles. The summed E-state index contributed by atoms with van der Waals surface area (Å²) < 4.78 is 54.0. The maximum atomic E-state index is 14.0. The van der Waals surface area contributed by atoms with Gasteiger partial charge in [-0.25, -0.2) is 13.2 Å². The average molecular weight is 347 g/mol. The highest BCUT2D eigenvalue weighted by Gasteiger charge is 2.33. The van der Waals surface area contributed by atoms with Crippen molar-refractivity contribution in [3.05, 3.63) is 46.1 Å². The zero-order valence-electron chi connectivity index (χ0n) is 12.1. The van der Waals surface area contributed by atoms with Gasteiger partial charge in [0.25, 0.3) is 0 Å². The van der Waals surface area contributed by atoms with E-state index in [2.05, 4.69) is 10.6 Å². The maximum absolute atomic E-state index is 14.0. The molecule has 0 radical (unpaired) electrons. The van der Waals surface area contributed by atoms with Crippen molar-refractivity contribution in [1.29, 1.82) is 0 Å². The van der Waals surface area contributed by atoms with Gasteiger partial charge in [-0.3, -0.25) is 0 Å². The molecule has 0 bridgehead atoms. The fraction of sp³-hybridized carbons (Fsp3) is 0.286. The summed E-state index contributed by atoms with van der Waals surface area (Å²) in [5.74, 6) is -11.3. The third-order valence-corrected chi connectivity index (χ3v) is 3.85. The van der Waals surface area contributed by atoms with Crippen molar-refractivity contribution in [2.75, 3.05) is 26.2 Å². The standard InChI is InChI=1S/C14H13F4N3O3/c15-6-5(12(22)9(18)8(17)7(6)16)13(23)10-11-14(24)20-2-4-21(11)3-1-19-10/h19-20,22-24H,1-4H2. The Hall–Kier alpha value is -2.78. The minimum atomic E-state index is -2.19. The molecule has 2 aliphatic rings. The van der Waals surface area contributed by atoms with Crippen molar-refractivity contribution >= 4 is 5.76 Å². The highest BCUT2D eigenvalue weighted by molar-refractivity contribution is 5.71. The van der Waals surface area contributed by atoms with Gasteiger partial charge in [0.2, 0.25) is 17.5 Å². The van der Waals surface area contributed by atoms with Crippen LogP contribution in [0, 0.1) is 23.3 Å². The van der Waals surface area contributed by atoms with Crippen molar-refractivity contribution in [3.63, 3.8) is 0 Å². The topological polar surface area (TPSA) is 88.0 Å². The molecule has 130 valence electrons. The minimum Gasteiger partial charge on any atom is -0.505 e. The number of benzene rings is 1. The summed E-state index contributed by atoms with van der Waals surface area (Å²) in [5, 5.41) is 35.1. The number of nitrogens with one attached hydrogen (secondary N) is 2. The van der Waals surface area contributed by atoms with Gasteiger partial charge in [-0.05, 0) is 0 Å². The van der Waals surface area contributed by atoms with Gasteiger partial charge in [0.1, 0.15) is 17.0 Å². The lowest BCUT2D eigenvalue weighted by Crippen LogP contribution is -2.48. The number of hydrogen-bond donors (Lipinski definition) is 5. The first-order chi connectivity index (χ1) is 11.3. The molecule has 0 amide bonds. The number of aliphatic hydroxyl groups excluding tert-OH is 2. The Morgan fingerprint density at radius 2 is 1.46 bits per heavy atom. The van der Waals surface area contributed by atoms with Gasteiger partial charge >= 0.3 is 0 Å². The van der Waals surface area contributed by atoms with E-state index in [0.29, 0.717) is 19.6 Å². The molecule has 1 aromatic carbocycles. The SMILES string of the molecule is OC1=C2C(=C(O)c3c(O)c(F)c(F)c(F)c3F)NCCN2CCN1. The molecule has 10 heteroatoms. The van der Waals surface area contributed by atoms with E-state index >= 15 is 0 Å². The van der Waals surface area contributed by atoms with Gasteiger partial charge in [0.15, 0.2) is 23.1 Å². The van der Waals surface area contributed by atoms with E-state index in [4.69, 9.17) is 0 Å². The highest BCUT2D eigenvalue weighted by atomic mass is 19.2. The Kier molecular flexibility index (Phi) is 3.82. The zero-order chi connectivity index (χ0) is 17.6. The maximum Gasteiger partial charge on any atom is 0.210 e. The molecule has 6 nitrogen and oxygen atoms in total. The number of piperazine rings is 1. The molecular weight excluding hydrogens is 334 g/mol. The lowest BCUT2D eigenvalue weighted by atomic mass is 10.0. The van der Waals surface area contributed by atoms with Crippen LogP contribution in [0.5, 0.6) is 5.75 Å². The van der Waals surface area contributed by atoms with E-state index in [9.17, 15) is 32.9 Å². The number of aliphatic hydroxyl groups is 2. The molecule has 0 unspecified atom stereocenters. The number of halogens is 4.